The Morgan fingerprint density at radius 1 is 0.951 bits per heavy atom. The van der Waals surface area contributed by atoms with E-state index in [1.165, 1.54) is 0 Å². The lowest BCUT2D eigenvalue weighted by molar-refractivity contribution is -0.141. The first-order chi connectivity index (χ1) is 19.8. The summed E-state index contributed by atoms with van der Waals surface area (Å²) in [5, 5.41) is 3.02. The van der Waals surface area contributed by atoms with Gasteiger partial charge in [0.15, 0.2) is 0 Å². The Hall–Kier alpha value is -3.69. The van der Waals surface area contributed by atoms with Crippen molar-refractivity contribution in [3.8, 4) is 5.75 Å². The second kappa shape index (κ2) is 14.3. The van der Waals surface area contributed by atoms with Crippen LogP contribution < -0.4 is 14.8 Å². The van der Waals surface area contributed by atoms with Crippen molar-refractivity contribution >= 4 is 21.8 Å². The van der Waals surface area contributed by atoms with E-state index < -0.39 is 16.1 Å². The van der Waals surface area contributed by atoms with Gasteiger partial charge in [-0.15, -0.1) is 0 Å². The van der Waals surface area contributed by atoms with Crippen LogP contribution in [0.4, 0.5) is 0 Å². The normalized spacial score (nSPS) is 13.8. The second-order valence-electron chi connectivity index (χ2n) is 10.4. The van der Waals surface area contributed by atoms with Crippen molar-refractivity contribution < 1.29 is 22.7 Å². The maximum absolute atomic E-state index is 13.9. The van der Waals surface area contributed by atoms with Gasteiger partial charge in [0, 0.05) is 25.6 Å². The summed E-state index contributed by atoms with van der Waals surface area (Å²) in [6.07, 6.45) is 4.10. The molecule has 41 heavy (non-hydrogen) atoms. The number of hydrogen-bond donors (Lipinski definition) is 2. The van der Waals surface area contributed by atoms with Crippen molar-refractivity contribution in [1.82, 2.24) is 14.9 Å². The smallest absolute Gasteiger partial charge is 0.247 e. The van der Waals surface area contributed by atoms with E-state index in [0.717, 1.165) is 42.4 Å². The first-order valence-electron chi connectivity index (χ1n) is 14.2. The van der Waals surface area contributed by atoms with Gasteiger partial charge in [-0.25, -0.2) is 13.1 Å². The first kappa shape index (κ1) is 30.3. The maximum atomic E-state index is 13.9. The van der Waals surface area contributed by atoms with E-state index in [1.54, 1.807) is 36.3 Å². The lowest BCUT2D eigenvalue weighted by atomic mass is 10.0. The molecule has 4 rings (SSSR count). The van der Waals surface area contributed by atoms with Gasteiger partial charge in [0.25, 0.3) is 0 Å². The van der Waals surface area contributed by atoms with E-state index in [1.807, 2.05) is 54.6 Å². The number of aryl methyl sites for hydroxylation is 1. The van der Waals surface area contributed by atoms with Crippen molar-refractivity contribution in [2.45, 2.75) is 69.0 Å². The molecule has 0 aliphatic heterocycles. The summed E-state index contributed by atoms with van der Waals surface area (Å²) in [6, 6.07) is 22.7. The first-order valence-corrected chi connectivity index (χ1v) is 15.7. The molecular weight excluding hydrogens is 538 g/mol. The zero-order valence-electron chi connectivity index (χ0n) is 23.7. The Labute approximate surface area is 243 Å². The fourth-order valence-corrected chi connectivity index (χ4v) is 5.87. The Bertz CT molecular complexity index is 1390. The van der Waals surface area contributed by atoms with Gasteiger partial charge in [0.2, 0.25) is 21.8 Å². The summed E-state index contributed by atoms with van der Waals surface area (Å²) >= 11 is 0. The average molecular weight is 578 g/mol. The number of nitrogens with zero attached hydrogens (tertiary/aromatic N) is 1. The van der Waals surface area contributed by atoms with Crippen LogP contribution in [0.1, 0.15) is 61.8 Å². The quantitative estimate of drug-likeness (QED) is 0.254. The number of sulfonamides is 1. The molecule has 218 valence electrons. The molecule has 1 fully saturated rings. The number of unbranched alkanes of at least 4 members (excludes halogenated alkanes) is 1. The Kier molecular flexibility index (Phi) is 10.5. The van der Waals surface area contributed by atoms with Crippen LogP contribution in [0, 0.1) is 0 Å². The van der Waals surface area contributed by atoms with Crippen LogP contribution in [-0.2, 0) is 32.6 Å². The van der Waals surface area contributed by atoms with Gasteiger partial charge in [-0.05, 0) is 66.6 Å². The second-order valence-corrected chi connectivity index (χ2v) is 12.1. The summed E-state index contributed by atoms with van der Waals surface area (Å²) in [4.78, 5) is 29.3. The maximum Gasteiger partial charge on any atom is 0.247 e. The van der Waals surface area contributed by atoms with Crippen LogP contribution in [0.15, 0.2) is 83.8 Å². The summed E-state index contributed by atoms with van der Waals surface area (Å²) in [6.45, 7) is 2.84. The summed E-state index contributed by atoms with van der Waals surface area (Å²) in [5.41, 5.74) is 2.46. The molecule has 9 heteroatoms. The summed E-state index contributed by atoms with van der Waals surface area (Å²) in [5.74, 6) is 0.318. The SMILES string of the molecule is CCCCNC(=O)[C@H](c1ccccc1)N(Cc1ccc(OC)cc1)C(=O)CCc1ccc(S(=O)(=O)NC2CC2)cc1. The van der Waals surface area contributed by atoms with Crippen molar-refractivity contribution in [2.75, 3.05) is 13.7 Å². The molecule has 0 spiro atoms. The molecule has 0 radical (unpaired) electrons. The molecule has 8 nitrogen and oxygen atoms in total. The predicted octanol–water partition coefficient (Wildman–Crippen LogP) is 4.75. The summed E-state index contributed by atoms with van der Waals surface area (Å²) < 4.78 is 33.0. The number of amides is 2. The number of benzene rings is 3. The van der Waals surface area contributed by atoms with E-state index in [-0.39, 0.29) is 35.7 Å². The highest BCUT2D eigenvalue weighted by Crippen LogP contribution is 2.26. The topological polar surface area (TPSA) is 105 Å². The molecular formula is C32H39N3O5S. The number of carbonyl (C=O) groups is 2. The zero-order chi connectivity index (χ0) is 29.2. The molecule has 3 aromatic rings. The zero-order valence-corrected chi connectivity index (χ0v) is 24.5. The Morgan fingerprint density at radius 2 is 1.61 bits per heavy atom. The molecule has 0 bridgehead atoms. The number of carbonyl (C=O) groups excluding carboxylic acids is 2. The minimum Gasteiger partial charge on any atom is -0.497 e. The standard InChI is InChI=1S/C32H39N3O5S/c1-3-4-22-33-32(37)31(26-8-6-5-7-9-26)35(23-25-10-17-28(40-2)18-11-25)30(36)21-14-24-12-19-29(20-13-24)41(38,39)34-27-15-16-27/h5-13,17-20,27,31,34H,3-4,14-16,21-23H2,1-2H3,(H,33,37)/t31-/m0/s1. The minimum atomic E-state index is -3.54. The van der Waals surface area contributed by atoms with Crippen molar-refractivity contribution in [1.29, 1.82) is 0 Å². The lowest BCUT2D eigenvalue weighted by Gasteiger charge is -2.32. The van der Waals surface area contributed by atoms with E-state index in [9.17, 15) is 18.0 Å². The Balaban J connectivity index is 1.55. The fraction of sp³-hybridized carbons (Fsp3) is 0.375. The largest absolute Gasteiger partial charge is 0.497 e. The molecule has 0 saturated heterocycles. The van der Waals surface area contributed by atoms with Crippen molar-refractivity contribution in [3.05, 3.63) is 95.6 Å². The molecule has 2 amide bonds. The fourth-order valence-electron chi connectivity index (χ4n) is 4.56. The van der Waals surface area contributed by atoms with Crippen LogP contribution in [0.3, 0.4) is 0 Å². The Morgan fingerprint density at radius 3 is 2.22 bits per heavy atom. The number of hydrogen-bond acceptors (Lipinski definition) is 5. The van der Waals surface area contributed by atoms with Crippen LogP contribution in [0.5, 0.6) is 5.75 Å². The monoisotopic (exact) mass is 577 g/mol. The van der Waals surface area contributed by atoms with E-state index in [0.29, 0.717) is 18.7 Å². The van der Waals surface area contributed by atoms with Crippen LogP contribution >= 0.6 is 0 Å². The molecule has 3 aromatic carbocycles. The molecule has 0 heterocycles. The van der Waals surface area contributed by atoms with Crippen molar-refractivity contribution in [3.63, 3.8) is 0 Å². The molecule has 0 aromatic heterocycles. The molecule has 1 saturated carbocycles. The van der Waals surface area contributed by atoms with Gasteiger partial charge >= 0.3 is 0 Å². The molecule has 2 N–H and O–H groups in total. The van der Waals surface area contributed by atoms with Crippen LogP contribution in [0.25, 0.3) is 0 Å². The number of rotatable bonds is 15. The number of nitrogens with one attached hydrogen (secondary N) is 2. The minimum absolute atomic E-state index is 0.0331. The van der Waals surface area contributed by atoms with Crippen LogP contribution in [-0.4, -0.2) is 44.8 Å². The molecule has 1 aliphatic rings. The van der Waals surface area contributed by atoms with E-state index in [4.69, 9.17) is 4.74 Å². The third-order valence-corrected chi connectivity index (χ3v) is 8.63. The average Bonchev–Trinajstić information content (AvgIpc) is 3.80. The lowest BCUT2D eigenvalue weighted by Crippen LogP contribution is -2.43. The third-order valence-electron chi connectivity index (χ3n) is 7.10. The number of ether oxygens (including phenoxy) is 1. The molecule has 0 unspecified atom stereocenters. The van der Waals surface area contributed by atoms with Gasteiger partial charge < -0.3 is 15.0 Å². The predicted molar refractivity (Wildman–Crippen MR) is 159 cm³/mol. The van der Waals surface area contributed by atoms with E-state index in [2.05, 4.69) is 17.0 Å². The highest BCUT2D eigenvalue weighted by Gasteiger charge is 2.31. The molecule has 1 aliphatic carbocycles. The van der Waals surface area contributed by atoms with Gasteiger partial charge in [0.05, 0.1) is 12.0 Å². The number of methoxy groups -OCH3 is 1. The van der Waals surface area contributed by atoms with Gasteiger partial charge in [0.1, 0.15) is 11.8 Å². The van der Waals surface area contributed by atoms with Gasteiger partial charge in [-0.1, -0.05) is 67.9 Å². The highest BCUT2D eigenvalue weighted by atomic mass is 32.2. The van der Waals surface area contributed by atoms with Gasteiger partial charge in [-0.2, -0.15) is 0 Å². The third kappa shape index (κ3) is 8.65. The highest BCUT2D eigenvalue weighted by molar-refractivity contribution is 7.89. The van der Waals surface area contributed by atoms with Crippen LogP contribution in [0.2, 0.25) is 0 Å². The molecule has 1 atom stereocenters. The van der Waals surface area contributed by atoms with E-state index >= 15 is 0 Å². The summed E-state index contributed by atoms with van der Waals surface area (Å²) in [7, 11) is -1.94. The van der Waals surface area contributed by atoms with Gasteiger partial charge in [-0.3, -0.25) is 9.59 Å². The van der Waals surface area contributed by atoms with Crippen molar-refractivity contribution in [2.24, 2.45) is 0 Å².